The summed E-state index contributed by atoms with van der Waals surface area (Å²) in [7, 11) is 1.59. The molecule has 0 saturated heterocycles. The number of benzene rings is 2. The van der Waals surface area contributed by atoms with Gasteiger partial charge in [-0.15, -0.1) is 11.3 Å². The van der Waals surface area contributed by atoms with Gasteiger partial charge in [0.05, 0.1) is 25.0 Å². The van der Waals surface area contributed by atoms with Gasteiger partial charge in [0.15, 0.2) is 0 Å². The Kier molecular flexibility index (Phi) is 6.86. The van der Waals surface area contributed by atoms with Gasteiger partial charge in [0.25, 0.3) is 5.91 Å². The number of hydrogen-bond acceptors (Lipinski definition) is 6. The van der Waals surface area contributed by atoms with E-state index in [2.05, 4.69) is 10.6 Å². The highest BCUT2D eigenvalue weighted by Crippen LogP contribution is 2.27. The zero-order chi connectivity index (χ0) is 20.6. The van der Waals surface area contributed by atoms with Crippen molar-refractivity contribution in [1.29, 1.82) is 0 Å². The Hall–Kier alpha value is -3.32. The molecule has 1 amide bonds. The second-order valence-electron chi connectivity index (χ2n) is 6.10. The highest BCUT2D eigenvalue weighted by atomic mass is 32.1. The predicted molar refractivity (Wildman–Crippen MR) is 115 cm³/mol. The predicted octanol–water partition coefficient (Wildman–Crippen LogP) is 4.80. The Morgan fingerprint density at radius 3 is 2.45 bits per heavy atom. The molecule has 0 radical (unpaired) electrons. The number of carbonyl (C=O) groups excluding carboxylic acids is 2. The first kappa shape index (κ1) is 20.4. The molecule has 0 aliphatic heterocycles. The summed E-state index contributed by atoms with van der Waals surface area (Å²) in [5.74, 6) is 0.0228. The second-order valence-corrected chi connectivity index (χ2v) is 7.13. The van der Waals surface area contributed by atoms with Crippen LogP contribution in [0.2, 0.25) is 0 Å². The van der Waals surface area contributed by atoms with Crippen LogP contribution in [-0.2, 0) is 11.3 Å². The number of carbonyl (C=O) groups is 2. The summed E-state index contributed by atoms with van der Waals surface area (Å²) < 4.78 is 10.3. The fourth-order valence-electron chi connectivity index (χ4n) is 2.69. The number of thiophene rings is 1. The quantitative estimate of drug-likeness (QED) is 0.522. The Morgan fingerprint density at radius 1 is 1.03 bits per heavy atom. The average molecular weight is 410 g/mol. The van der Waals surface area contributed by atoms with E-state index in [1.165, 1.54) is 4.88 Å². The standard InChI is InChI=1S/C22H22N2O4S/c1-3-28-22(26)15-6-9-17(10-7-15)24-21(25)16-8-11-20(27-2)19(13-16)23-14-18-5-4-12-29-18/h4-13,23H,3,14H2,1-2H3,(H,24,25). The van der Waals surface area contributed by atoms with Crippen LogP contribution in [-0.4, -0.2) is 25.6 Å². The monoisotopic (exact) mass is 410 g/mol. The summed E-state index contributed by atoms with van der Waals surface area (Å²) in [4.78, 5) is 25.6. The Labute approximate surface area is 173 Å². The number of rotatable bonds is 8. The molecule has 2 N–H and O–H groups in total. The average Bonchev–Trinajstić information content (AvgIpc) is 3.26. The van der Waals surface area contributed by atoms with Gasteiger partial charge in [-0.3, -0.25) is 4.79 Å². The van der Waals surface area contributed by atoms with Gasteiger partial charge in [-0.1, -0.05) is 6.07 Å². The van der Waals surface area contributed by atoms with Gasteiger partial charge >= 0.3 is 5.97 Å². The van der Waals surface area contributed by atoms with Crippen molar-refractivity contribution in [3.63, 3.8) is 0 Å². The maximum atomic E-state index is 12.7. The minimum absolute atomic E-state index is 0.254. The molecule has 0 bridgehead atoms. The first-order valence-electron chi connectivity index (χ1n) is 9.13. The smallest absolute Gasteiger partial charge is 0.338 e. The maximum absolute atomic E-state index is 12.7. The molecular formula is C22H22N2O4S. The van der Waals surface area contributed by atoms with E-state index in [-0.39, 0.29) is 11.9 Å². The van der Waals surface area contributed by atoms with Crippen molar-refractivity contribution in [2.75, 3.05) is 24.4 Å². The fourth-order valence-corrected chi connectivity index (χ4v) is 3.33. The molecule has 0 fully saturated rings. The van der Waals surface area contributed by atoms with Crippen molar-refractivity contribution >= 4 is 34.6 Å². The summed E-state index contributed by atoms with van der Waals surface area (Å²) in [6.07, 6.45) is 0. The topological polar surface area (TPSA) is 76.7 Å². The molecule has 1 heterocycles. The molecule has 0 aliphatic rings. The first-order chi connectivity index (χ1) is 14.1. The van der Waals surface area contributed by atoms with Crippen molar-refractivity contribution in [2.24, 2.45) is 0 Å². The minimum Gasteiger partial charge on any atom is -0.495 e. The second kappa shape index (κ2) is 9.75. The van der Waals surface area contributed by atoms with Gasteiger partial charge in [-0.05, 0) is 60.8 Å². The molecule has 0 saturated carbocycles. The number of nitrogens with one attached hydrogen (secondary N) is 2. The number of ether oxygens (including phenoxy) is 2. The highest BCUT2D eigenvalue weighted by molar-refractivity contribution is 7.09. The van der Waals surface area contributed by atoms with Crippen LogP contribution in [0.3, 0.4) is 0 Å². The van der Waals surface area contributed by atoms with E-state index in [1.807, 2.05) is 17.5 Å². The van der Waals surface area contributed by atoms with Crippen molar-refractivity contribution < 1.29 is 19.1 Å². The van der Waals surface area contributed by atoms with Crippen LogP contribution >= 0.6 is 11.3 Å². The fraction of sp³-hybridized carbons (Fsp3) is 0.182. The molecule has 29 heavy (non-hydrogen) atoms. The van der Waals surface area contributed by atoms with E-state index in [9.17, 15) is 9.59 Å². The third kappa shape index (κ3) is 5.36. The maximum Gasteiger partial charge on any atom is 0.338 e. The van der Waals surface area contributed by atoms with Crippen molar-refractivity contribution in [1.82, 2.24) is 0 Å². The van der Waals surface area contributed by atoms with E-state index >= 15 is 0 Å². The minimum atomic E-state index is -0.387. The molecule has 0 aliphatic carbocycles. The molecule has 0 atom stereocenters. The lowest BCUT2D eigenvalue weighted by atomic mass is 10.1. The largest absolute Gasteiger partial charge is 0.495 e. The van der Waals surface area contributed by atoms with E-state index in [1.54, 1.807) is 67.8 Å². The lowest BCUT2D eigenvalue weighted by Gasteiger charge is -2.13. The summed E-state index contributed by atoms with van der Waals surface area (Å²) in [5.41, 5.74) is 2.27. The van der Waals surface area contributed by atoms with E-state index < -0.39 is 0 Å². The summed E-state index contributed by atoms with van der Waals surface area (Å²) in [5, 5.41) is 8.16. The van der Waals surface area contributed by atoms with Crippen LogP contribution in [0.15, 0.2) is 60.0 Å². The normalized spacial score (nSPS) is 10.3. The zero-order valence-corrected chi connectivity index (χ0v) is 17.0. The molecule has 3 rings (SSSR count). The number of methoxy groups -OCH3 is 1. The molecule has 7 heteroatoms. The number of anilines is 2. The third-order valence-electron chi connectivity index (χ3n) is 4.15. The molecule has 150 valence electrons. The van der Waals surface area contributed by atoms with E-state index in [0.717, 1.165) is 5.69 Å². The van der Waals surface area contributed by atoms with Gasteiger partial charge in [0.1, 0.15) is 5.75 Å². The molecular weight excluding hydrogens is 388 g/mol. The van der Waals surface area contributed by atoms with Gasteiger partial charge < -0.3 is 20.1 Å². The van der Waals surface area contributed by atoms with Gasteiger partial charge in [-0.25, -0.2) is 4.79 Å². The van der Waals surface area contributed by atoms with Crippen LogP contribution in [0, 0.1) is 0 Å². The van der Waals surface area contributed by atoms with Gasteiger partial charge in [0, 0.05) is 22.7 Å². The van der Waals surface area contributed by atoms with Crippen molar-refractivity contribution in [3.05, 3.63) is 76.0 Å². The molecule has 6 nitrogen and oxygen atoms in total. The van der Waals surface area contributed by atoms with E-state index in [4.69, 9.17) is 9.47 Å². The van der Waals surface area contributed by atoms with Crippen LogP contribution in [0.4, 0.5) is 11.4 Å². The van der Waals surface area contributed by atoms with Crippen LogP contribution in [0.25, 0.3) is 0 Å². The Morgan fingerprint density at radius 2 is 1.79 bits per heavy atom. The molecule has 0 spiro atoms. The lowest BCUT2D eigenvalue weighted by molar-refractivity contribution is 0.0526. The Balaban J connectivity index is 1.70. The molecule has 0 unspecified atom stereocenters. The number of esters is 1. The lowest BCUT2D eigenvalue weighted by Crippen LogP contribution is -2.13. The van der Waals surface area contributed by atoms with Crippen molar-refractivity contribution in [2.45, 2.75) is 13.5 Å². The molecule has 3 aromatic rings. The first-order valence-corrected chi connectivity index (χ1v) is 10.0. The summed E-state index contributed by atoms with van der Waals surface area (Å²) in [6.45, 7) is 2.72. The van der Waals surface area contributed by atoms with E-state index in [0.29, 0.717) is 35.7 Å². The van der Waals surface area contributed by atoms with Gasteiger partial charge in [0.2, 0.25) is 0 Å². The summed E-state index contributed by atoms with van der Waals surface area (Å²) in [6, 6.07) is 15.8. The molecule has 1 aromatic heterocycles. The Bertz CT molecular complexity index is 969. The van der Waals surface area contributed by atoms with Gasteiger partial charge in [-0.2, -0.15) is 0 Å². The number of hydrogen-bond donors (Lipinski definition) is 2. The van der Waals surface area contributed by atoms with Crippen LogP contribution in [0.1, 0.15) is 32.5 Å². The van der Waals surface area contributed by atoms with Crippen LogP contribution < -0.4 is 15.4 Å². The highest BCUT2D eigenvalue weighted by Gasteiger charge is 2.12. The SMILES string of the molecule is CCOC(=O)c1ccc(NC(=O)c2ccc(OC)c(NCc3cccs3)c2)cc1. The van der Waals surface area contributed by atoms with Crippen molar-refractivity contribution in [3.8, 4) is 5.75 Å². The zero-order valence-electron chi connectivity index (χ0n) is 16.2. The molecule has 2 aromatic carbocycles. The summed E-state index contributed by atoms with van der Waals surface area (Å²) >= 11 is 1.66. The number of amides is 1. The van der Waals surface area contributed by atoms with Crippen LogP contribution in [0.5, 0.6) is 5.75 Å². The third-order valence-corrected chi connectivity index (χ3v) is 5.03.